The van der Waals surface area contributed by atoms with Gasteiger partial charge in [0, 0.05) is 14.1 Å². The van der Waals surface area contributed by atoms with Crippen molar-refractivity contribution < 1.29 is 9.59 Å². The highest BCUT2D eigenvalue weighted by molar-refractivity contribution is 7.82. The molecule has 0 bridgehead atoms. The molecular weight excluding hydrogens is 196 g/mol. The second-order valence-corrected chi connectivity index (χ2v) is 3.62. The molecule has 0 radical (unpaired) electrons. The molecule has 68 valence electrons. The van der Waals surface area contributed by atoms with E-state index in [1.165, 1.54) is 23.9 Å². The maximum Gasteiger partial charge on any atom is 0.256 e. The van der Waals surface area contributed by atoms with Crippen molar-refractivity contribution >= 4 is 37.1 Å². The Labute approximate surface area is 81.7 Å². The molecule has 0 saturated carbocycles. The van der Waals surface area contributed by atoms with E-state index in [4.69, 9.17) is 0 Å². The Kier molecular flexibility index (Phi) is 2.58. The van der Waals surface area contributed by atoms with E-state index in [0.717, 1.165) is 0 Å². The van der Waals surface area contributed by atoms with Gasteiger partial charge in [0.15, 0.2) is 10.7 Å². The van der Waals surface area contributed by atoms with Gasteiger partial charge in [0.25, 0.3) is 11.8 Å². The highest BCUT2D eigenvalue weighted by Crippen LogP contribution is 2.18. The Morgan fingerprint density at radius 2 is 1.25 bits per heavy atom. The van der Waals surface area contributed by atoms with Crippen molar-refractivity contribution in [1.29, 1.82) is 0 Å². The lowest BCUT2D eigenvalue weighted by Crippen LogP contribution is -2.58. The summed E-state index contributed by atoms with van der Waals surface area (Å²) in [6.45, 7) is 0. The fourth-order valence-corrected chi connectivity index (χ4v) is 1.53. The van der Waals surface area contributed by atoms with Crippen molar-refractivity contribution in [3.63, 3.8) is 0 Å². The summed E-state index contributed by atoms with van der Waals surface area (Å²) in [7, 11) is 3.07. The molecule has 0 aliphatic carbocycles. The first-order valence-electron chi connectivity index (χ1n) is 3.36. The van der Waals surface area contributed by atoms with Gasteiger partial charge in [-0.25, -0.2) is 0 Å². The molecule has 2 amide bonds. The summed E-state index contributed by atoms with van der Waals surface area (Å²) in [4.78, 5) is 25.2. The van der Waals surface area contributed by atoms with Crippen LogP contribution in [0.15, 0.2) is 0 Å². The van der Waals surface area contributed by atoms with Gasteiger partial charge in [-0.15, -0.1) is 25.3 Å². The number of amides is 2. The number of likely N-dealkylation sites (N-methyl/N-ethyl adjacent to an activating group) is 2. The molecular formula is C6H10N2O2S2. The largest absolute Gasteiger partial charge is 0.323 e. The maximum absolute atomic E-state index is 11.3. The summed E-state index contributed by atoms with van der Waals surface area (Å²) in [6, 6.07) is 0. The van der Waals surface area contributed by atoms with Crippen molar-refractivity contribution in [2.45, 2.75) is 10.7 Å². The van der Waals surface area contributed by atoms with Gasteiger partial charge in [-0.05, 0) is 0 Å². The molecule has 0 aromatic carbocycles. The lowest BCUT2D eigenvalue weighted by Gasteiger charge is -2.37. The minimum atomic E-state index is -0.675. The first-order valence-corrected chi connectivity index (χ1v) is 4.39. The topological polar surface area (TPSA) is 40.6 Å². The van der Waals surface area contributed by atoms with E-state index in [1.54, 1.807) is 0 Å². The maximum atomic E-state index is 11.3. The molecule has 1 fully saturated rings. The minimum Gasteiger partial charge on any atom is -0.323 e. The molecule has 1 aliphatic rings. The van der Waals surface area contributed by atoms with Crippen LogP contribution >= 0.6 is 25.3 Å². The molecule has 0 aromatic heterocycles. The number of hydrogen-bond acceptors (Lipinski definition) is 4. The molecule has 1 aliphatic heterocycles. The van der Waals surface area contributed by atoms with Crippen LogP contribution in [-0.2, 0) is 9.59 Å². The number of nitrogens with zero attached hydrogens (tertiary/aromatic N) is 2. The number of hydrogen-bond donors (Lipinski definition) is 2. The van der Waals surface area contributed by atoms with Crippen LogP contribution in [-0.4, -0.2) is 46.5 Å². The van der Waals surface area contributed by atoms with Crippen molar-refractivity contribution in [1.82, 2.24) is 9.80 Å². The lowest BCUT2D eigenvalue weighted by molar-refractivity contribution is -0.150. The first-order chi connectivity index (χ1) is 5.46. The van der Waals surface area contributed by atoms with Gasteiger partial charge in [-0.3, -0.25) is 9.59 Å². The van der Waals surface area contributed by atoms with E-state index in [1.807, 2.05) is 0 Å². The van der Waals surface area contributed by atoms with Gasteiger partial charge in [-0.2, -0.15) is 0 Å². The number of carbonyl (C=O) groups is 2. The van der Waals surface area contributed by atoms with Crippen molar-refractivity contribution in [2.24, 2.45) is 0 Å². The third kappa shape index (κ3) is 1.29. The summed E-state index contributed by atoms with van der Waals surface area (Å²) in [5.41, 5.74) is 0. The van der Waals surface area contributed by atoms with Gasteiger partial charge in [0.05, 0.1) is 0 Å². The van der Waals surface area contributed by atoms with E-state index >= 15 is 0 Å². The molecule has 1 rings (SSSR count). The van der Waals surface area contributed by atoms with E-state index in [-0.39, 0.29) is 11.8 Å². The van der Waals surface area contributed by atoms with Gasteiger partial charge in [-0.1, -0.05) is 0 Å². The zero-order chi connectivity index (χ0) is 9.46. The predicted octanol–water partition coefficient (Wildman–Crippen LogP) is -0.571. The van der Waals surface area contributed by atoms with Crippen LogP contribution in [0.4, 0.5) is 0 Å². The summed E-state index contributed by atoms with van der Waals surface area (Å²) in [6.07, 6.45) is 0. The van der Waals surface area contributed by atoms with Gasteiger partial charge in [0.1, 0.15) is 0 Å². The summed E-state index contributed by atoms with van der Waals surface area (Å²) in [5.74, 6) is -0.416. The summed E-state index contributed by atoms with van der Waals surface area (Å²) >= 11 is 7.98. The third-order valence-electron chi connectivity index (χ3n) is 1.87. The normalized spacial score (nSPS) is 31.3. The Morgan fingerprint density at radius 1 is 1.00 bits per heavy atom. The Morgan fingerprint density at radius 3 is 1.50 bits per heavy atom. The molecule has 12 heavy (non-hydrogen) atoms. The van der Waals surface area contributed by atoms with Gasteiger partial charge >= 0.3 is 0 Å². The van der Waals surface area contributed by atoms with Crippen molar-refractivity contribution in [2.75, 3.05) is 14.1 Å². The number of thiol groups is 2. The fraction of sp³-hybridized carbons (Fsp3) is 0.667. The molecule has 2 atom stereocenters. The molecule has 0 spiro atoms. The molecule has 2 unspecified atom stereocenters. The number of carbonyl (C=O) groups excluding carboxylic acids is 2. The average molecular weight is 206 g/mol. The van der Waals surface area contributed by atoms with Crippen LogP contribution in [0.25, 0.3) is 0 Å². The smallest absolute Gasteiger partial charge is 0.256 e. The first kappa shape index (κ1) is 9.73. The molecule has 6 heteroatoms. The number of rotatable bonds is 0. The standard InChI is InChI=1S/C6H10N2O2S2/c1-7-3(9)6(12)8(2)4(10)5(7)11/h5-6,11-12H,1-2H3. The third-order valence-corrected chi connectivity index (χ3v) is 3.01. The second kappa shape index (κ2) is 3.18. The van der Waals surface area contributed by atoms with E-state index in [2.05, 4.69) is 25.3 Å². The van der Waals surface area contributed by atoms with Crippen molar-refractivity contribution in [3.8, 4) is 0 Å². The Hall–Kier alpha value is -0.360. The fourth-order valence-electron chi connectivity index (χ4n) is 0.937. The monoisotopic (exact) mass is 206 g/mol. The van der Waals surface area contributed by atoms with Gasteiger partial charge in [0.2, 0.25) is 0 Å². The highest BCUT2D eigenvalue weighted by atomic mass is 32.1. The van der Waals surface area contributed by atoms with Crippen LogP contribution in [0.5, 0.6) is 0 Å². The Bertz CT molecular complexity index is 190. The Balaban J connectivity index is 2.91. The van der Waals surface area contributed by atoms with Crippen LogP contribution in [0.3, 0.4) is 0 Å². The second-order valence-electron chi connectivity index (χ2n) is 2.65. The van der Waals surface area contributed by atoms with Crippen LogP contribution in [0.1, 0.15) is 0 Å². The summed E-state index contributed by atoms with van der Waals surface area (Å²) in [5, 5.41) is -1.35. The van der Waals surface area contributed by atoms with Crippen molar-refractivity contribution in [3.05, 3.63) is 0 Å². The van der Waals surface area contributed by atoms with E-state index in [9.17, 15) is 9.59 Å². The van der Waals surface area contributed by atoms with E-state index in [0.29, 0.717) is 0 Å². The highest BCUT2D eigenvalue weighted by Gasteiger charge is 2.38. The molecule has 4 nitrogen and oxygen atoms in total. The van der Waals surface area contributed by atoms with Crippen LogP contribution < -0.4 is 0 Å². The van der Waals surface area contributed by atoms with E-state index < -0.39 is 10.7 Å². The van der Waals surface area contributed by atoms with Crippen LogP contribution in [0.2, 0.25) is 0 Å². The van der Waals surface area contributed by atoms with Crippen LogP contribution in [0, 0.1) is 0 Å². The summed E-state index contributed by atoms with van der Waals surface area (Å²) < 4.78 is 0. The zero-order valence-electron chi connectivity index (χ0n) is 6.76. The minimum absolute atomic E-state index is 0.208. The number of piperazine rings is 1. The van der Waals surface area contributed by atoms with Gasteiger partial charge < -0.3 is 9.80 Å². The average Bonchev–Trinajstić information content (AvgIpc) is 2.08. The predicted molar refractivity (Wildman–Crippen MR) is 51.1 cm³/mol. The molecule has 0 N–H and O–H groups in total. The SMILES string of the molecule is CN1C(=O)C(S)N(C)C(=O)C1S. The quantitative estimate of drug-likeness (QED) is 0.521. The molecule has 1 heterocycles. The lowest BCUT2D eigenvalue weighted by atomic mass is 10.3. The zero-order valence-corrected chi connectivity index (χ0v) is 8.55. The molecule has 0 aromatic rings. The molecule has 1 saturated heterocycles.